The Morgan fingerprint density at radius 3 is 2.47 bits per heavy atom. The van der Waals surface area contributed by atoms with Gasteiger partial charge in [0.25, 0.3) is 0 Å². The molecule has 19 heavy (non-hydrogen) atoms. The Bertz CT molecular complexity index is 374. The number of piperazine rings is 1. The van der Waals surface area contributed by atoms with Crippen LogP contribution in [-0.4, -0.2) is 49.1 Å². The standard InChI is InChI=1S/C16H27N3/c1-4-17-11-15-5-7-16(8-6-15)13-19-10-9-18(3)14(2)12-19/h5-8,14,17H,4,9-13H2,1-3H3. The number of hydrogen-bond donors (Lipinski definition) is 1. The van der Waals surface area contributed by atoms with Crippen LogP contribution in [-0.2, 0) is 13.1 Å². The van der Waals surface area contributed by atoms with Gasteiger partial charge in [-0.25, -0.2) is 0 Å². The SMILES string of the molecule is CCNCc1ccc(CN2CCN(C)C(C)C2)cc1. The zero-order valence-corrected chi connectivity index (χ0v) is 12.5. The van der Waals surface area contributed by atoms with Crippen molar-refractivity contribution in [2.75, 3.05) is 33.2 Å². The van der Waals surface area contributed by atoms with Crippen molar-refractivity contribution in [2.45, 2.75) is 33.0 Å². The second kappa shape index (κ2) is 7.04. The summed E-state index contributed by atoms with van der Waals surface area (Å²) in [5.41, 5.74) is 2.80. The Kier molecular flexibility index (Phi) is 5.37. The molecular formula is C16H27N3. The minimum absolute atomic E-state index is 0.668. The van der Waals surface area contributed by atoms with Crippen LogP contribution in [0.15, 0.2) is 24.3 Å². The first-order valence-corrected chi connectivity index (χ1v) is 7.40. The van der Waals surface area contributed by atoms with E-state index >= 15 is 0 Å². The van der Waals surface area contributed by atoms with Gasteiger partial charge in [-0.3, -0.25) is 4.90 Å². The van der Waals surface area contributed by atoms with Crippen molar-refractivity contribution >= 4 is 0 Å². The second-order valence-electron chi connectivity index (χ2n) is 5.66. The van der Waals surface area contributed by atoms with Crippen molar-refractivity contribution in [1.82, 2.24) is 15.1 Å². The third-order valence-electron chi connectivity index (χ3n) is 4.05. The topological polar surface area (TPSA) is 18.5 Å². The minimum Gasteiger partial charge on any atom is -0.313 e. The average Bonchev–Trinajstić information content (AvgIpc) is 2.42. The van der Waals surface area contributed by atoms with E-state index in [-0.39, 0.29) is 0 Å². The van der Waals surface area contributed by atoms with Crippen LogP contribution in [0.4, 0.5) is 0 Å². The van der Waals surface area contributed by atoms with Gasteiger partial charge in [-0.2, -0.15) is 0 Å². The predicted octanol–water partition coefficient (Wildman–Crippen LogP) is 1.93. The lowest BCUT2D eigenvalue weighted by atomic mass is 10.1. The summed E-state index contributed by atoms with van der Waals surface area (Å²) < 4.78 is 0. The lowest BCUT2D eigenvalue weighted by Gasteiger charge is -2.37. The summed E-state index contributed by atoms with van der Waals surface area (Å²) in [6, 6.07) is 9.71. The molecule has 0 spiro atoms. The van der Waals surface area contributed by atoms with Crippen LogP contribution in [0.2, 0.25) is 0 Å². The Morgan fingerprint density at radius 1 is 1.16 bits per heavy atom. The molecule has 0 saturated carbocycles. The first-order chi connectivity index (χ1) is 9.19. The highest BCUT2D eigenvalue weighted by Crippen LogP contribution is 2.12. The number of benzene rings is 1. The van der Waals surface area contributed by atoms with Crippen molar-refractivity contribution in [1.29, 1.82) is 0 Å². The summed E-state index contributed by atoms with van der Waals surface area (Å²) in [7, 11) is 2.22. The molecule has 0 aromatic heterocycles. The van der Waals surface area contributed by atoms with Gasteiger partial charge in [-0.1, -0.05) is 31.2 Å². The predicted molar refractivity (Wildman–Crippen MR) is 81.2 cm³/mol. The van der Waals surface area contributed by atoms with Crippen LogP contribution in [0.5, 0.6) is 0 Å². The number of rotatable bonds is 5. The van der Waals surface area contributed by atoms with Crippen LogP contribution in [0.3, 0.4) is 0 Å². The average molecular weight is 261 g/mol. The molecule has 1 aromatic rings. The Labute approximate surface area is 117 Å². The Morgan fingerprint density at radius 2 is 1.84 bits per heavy atom. The molecule has 0 amide bonds. The van der Waals surface area contributed by atoms with Gasteiger partial charge in [0.05, 0.1) is 0 Å². The molecule has 1 unspecified atom stereocenters. The molecule has 1 aromatic carbocycles. The third-order valence-corrected chi connectivity index (χ3v) is 4.05. The molecule has 106 valence electrons. The van der Waals surface area contributed by atoms with Gasteiger partial charge in [-0.15, -0.1) is 0 Å². The van der Waals surface area contributed by atoms with Crippen LogP contribution >= 0.6 is 0 Å². The maximum atomic E-state index is 3.36. The molecule has 0 bridgehead atoms. The maximum absolute atomic E-state index is 3.36. The van der Waals surface area contributed by atoms with Crippen molar-refractivity contribution in [2.24, 2.45) is 0 Å². The number of likely N-dealkylation sites (N-methyl/N-ethyl adjacent to an activating group) is 1. The fourth-order valence-corrected chi connectivity index (χ4v) is 2.56. The summed E-state index contributed by atoms with van der Waals surface area (Å²) in [5, 5.41) is 3.36. The molecule has 3 heteroatoms. The molecule has 2 rings (SSSR count). The molecule has 1 fully saturated rings. The van der Waals surface area contributed by atoms with E-state index in [0.717, 1.165) is 19.6 Å². The fourth-order valence-electron chi connectivity index (χ4n) is 2.56. The van der Waals surface area contributed by atoms with Crippen molar-refractivity contribution in [3.8, 4) is 0 Å². The van der Waals surface area contributed by atoms with E-state index in [4.69, 9.17) is 0 Å². The van der Waals surface area contributed by atoms with Gasteiger partial charge in [0.15, 0.2) is 0 Å². The van der Waals surface area contributed by atoms with E-state index in [1.54, 1.807) is 0 Å². The normalized spacial score (nSPS) is 21.7. The van der Waals surface area contributed by atoms with Crippen molar-refractivity contribution in [3.63, 3.8) is 0 Å². The third kappa shape index (κ3) is 4.30. The maximum Gasteiger partial charge on any atom is 0.0234 e. The van der Waals surface area contributed by atoms with E-state index < -0.39 is 0 Å². The summed E-state index contributed by atoms with van der Waals surface area (Å²) >= 11 is 0. The first kappa shape index (κ1) is 14.5. The fraction of sp³-hybridized carbons (Fsp3) is 0.625. The van der Waals surface area contributed by atoms with Gasteiger partial charge in [0.2, 0.25) is 0 Å². The molecule has 0 radical (unpaired) electrons. The van der Waals surface area contributed by atoms with Gasteiger partial charge >= 0.3 is 0 Å². The molecule has 1 N–H and O–H groups in total. The second-order valence-corrected chi connectivity index (χ2v) is 5.66. The molecule has 1 saturated heterocycles. The molecule has 3 nitrogen and oxygen atoms in total. The Balaban J connectivity index is 1.85. The summed E-state index contributed by atoms with van der Waals surface area (Å²) in [5.74, 6) is 0. The van der Waals surface area contributed by atoms with Crippen molar-refractivity contribution in [3.05, 3.63) is 35.4 Å². The van der Waals surface area contributed by atoms with Crippen LogP contribution < -0.4 is 5.32 Å². The highest BCUT2D eigenvalue weighted by Gasteiger charge is 2.20. The van der Waals surface area contributed by atoms with Crippen LogP contribution in [0.1, 0.15) is 25.0 Å². The quantitative estimate of drug-likeness (QED) is 0.874. The van der Waals surface area contributed by atoms with Crippen molar-refractivity contribution < 1.29 is 0 Å². The number of nitrogens with one attached hydrogen (secondary N) is 1. The molecule has 1 aliphatic heterocycles. The monoisotopic (exact) mass is 261 g/mol. The molecule has 1 atom stereocenters. The zero-order chi connectivity index (χ0) is 13.7. The van der Waals surface area contributed by atoms with E-state index in [9.17, 15) is 0 Å². The van der Waals surface area contributed by atoms with E-state index in [1.165, 1.54) is 30.8 Å². The van der Waals surface area contributed by atoms with E-state index in [0.29, 0.717) is 6.04 Å². The molecule has 0 aliphatic carbocycles. The van der Waals surface area contributed by atoms with Crippen LogP contribution in [0, 0.1) is 0 Å². The van der Waals surface area contributed by atoms with Gasteiger partial charge in [-0.05, 0) is 31.6 Å². The lowest BCUT2D eigenvalue weighted by Crippen LogP contribution is -2.49. The van der Waals surface area contributed by atoms with Gasteiger partial charge in [0.1, 0.15) is 0 Å². The summed E-state index contributed by atoms with van der Waals surface area (Å²) in [4.78, 5) is 5.00. The number of hydrogen-bond acceptors (Lipinski definition) is 3. The highest BCUT2D eigenvalue weighted by atomic mass is 15.3. The largest absolute Gasteiger partial charge is 0.313 e. The molecular weight excluding hydrogens is 234 g/mol. The van der Waals surface area contributed by atoms with Crippen LogP contribution in [0.25, 0.3) is 0 Å². The molecule has 1 aliphatic rings. The Hall–Kier alpha value is -0.900. The van der Waals surface area contributed by atoms with Gasteiger partial charge in [0, 0.05) is 38.8 Å². The van der Waals surface area contributed by atoms with E-state index in [1.807, 2.05) is 0 Å². The zero-order valence-electron chi connectivity index (χ0n) is 12.5. The first-order valence-electron chi connectivity index (χ1n) is 7.40. The van der Waals surface area contributed by atoms with Gasteiger partial charge < -0.3 is 10.2 Å². The minimum atomic E-state index is 0.668. The smallest absolute Gasteiger partial charge is 0.0234 e. The summed E-state index contributed by atoms with van der Waals surface area (Å²) in [6.07, 6.45) is 0. The lowest BCUT2D eigenvalue weighted by molar-refractivity contribution is 0.1000. The number of nitrogens with zero attached hydrogens (tertiary/aromatic N) is 2. The highest BCUT2D eigenvalue weighted by molar-refractivity contribution is 5.22. The summed E-state index contributed by atoms with van der Waals surface area (Å²) in [6.45, 7) is 11.1. The molecule has 1 heterocycles. The van der Waals surface area contributed by atoms with E-state index in [2.05, 4.69) is 60.3 Å².